The zero-order valence-electron chi connectivity index (χ0n) is 7.16. The zero-order valence-corrected chi connectivity index (χ0v) is 9.56. The molecule has 0 atom stereocenters. The molecule has 0 unspecified atom stereocenters. The molecule has 0 saturated carbocycles. The third kappa shape index (κ3) is 1.39. The van der Waals surface area contributed by atoms with Gasteiger partial charge in [-0.15, -0.1) is 11.3 Å². The summed E-state index contributed by atoms with van der Waals surface area (Å²) < 4.78 is 1.82. The number of hydrogen-bond acceptors (Lipinski definition) is 3. The van der Waals surface area contributed by atoms with Crippen LogP contribution < -0.4 is 0 Å². The molecule has 2 aromatic rings. The fourth-order valence-electron chi connectivity index (χ4n) is 1.40. The second-order valence-corrected chi connectivity index (χ2v) is 5.19. The third-order valence-corrected chi connectivity index (χ3v) is 4.13. The third-order valence-electron chi connectivity index (χ3n) is 2.08. The van der Waals surface area contributed by atoms with Crippen LogP contribution in [-0.2, 0) is 6.61 Å². The van der Waals surface area contributed by atoms with Crippen molar-refractivity contribution in [2.75, 3.05) is 0 Å². The fourth-order valence-corrected chi connectivity index (χ4v) is 3.24. The summed E-state index contributed by atoms with van der Waals surface area (Å²) in [5.41, 5.74) is 1.53. The predicted octanol–water partition coefficient (Wildman–Crippen LogP) is 2.97. The number of hydrogen-bond donors (Lipinski definition) is 1. The summed E-state index contributed by atoms with van der Waals surface area (Å²) in [5.74, 6) is 0. The van der Waals surface area contributed by atoms with Crippen molar-refractivity contribution in [1.82, 2.24) is 0 Å². The molecule has 0 aliphatic rings. The Labute approximate surface area is 93.3 Å². The van der Waals surface area contributed by atoms with Gasteiger partial charge >= 0.3 is 0 Å². The summed E-state index contributed by atoms with van der Waals surface area (Å²) in [5, 5.41) is 10.1. The molecular weight excluding hydrogens is 264 g/mol. The average molecular weight is 271 g/mol. The van der Waals surface area contributed by atoms with Crippen molar-refractivity contribution in [3.63, 3.8) is 0 Å². The molecule has 1 aromatic carbocycles. The minimum Gasteiger partial charge on any atom is -0.392 e. The largest absolute Gasteiger partial charge is 0.392 e. The van der Waals surface area contributed by atoms with Crippen molar-refractivity contribution in [1.29, 1.82) is 0 Å². The van der Waals surface area contributed by atoms with E-state index in [1.165, 1.54) is 11.3 Å². The first-order chi connectivity index (χ1) is 6.77. The molecule has 14 heavy (non-hydrogen) atoms. The van der Waals surface area contributed by atoms with Crippen molar-refractivity contribution in [2.45, 2.75) is 6.61 Å². The standard InChI is InChI=1S/C10H7BrO2S/c11-10-8(5-13)7-3-1-2-6(4-12)9(7)14-10/h1-4,13H,5H2. The summed E-state index contributed by atoms with van der Waals surface area (Å²) in [6.07, 6.45) is 0.840. The van der Waals surface area contributed by atoms with E-state index in [0.29, 0.717) is 5.56 Å². The number of fused-ring (bicyclic) bond motifs is 1. The summed E-state index contributed by atoms with van der Waals surface area (Å²) in [6, 6.07) is 5.51. The molecule has 0 bridgehead atoms. The molecule has 0 spiro atoms. The van der Waals surface area contributed by atoms with Crippen molar-refractivity contribution >= 4 is 43.6 Å². The smallest absolute Gasteiger partial charge is 0.151 e. The first kappa shape index (κ1) is 9.83. The maximum absolute atomic E-state index is 10.8. The van der Waals surface area contributed by atoms with Crippen molar-refractivity contribution in [2.24, 2.45) is 0 Å². The van der Waals surface area contributed by atoms with E-state index in [2.05, 4.69) is 15.9 Å². The molecule has 0 radical (unpaired) electrons. The van der Waals surface area contributed by atoms with Gasteiger partial charge in [0.2, 0.25) is 0 Å². The van der Waals surface area contributed by atoms with Gasteiger partial charge in [0.15, 0.2) is 6.29 Å². The van der Waals surface area contributed by atoms with Gasteiger partial charge in [0, 0.05) is 15.8 Å². The Hall–Kier alpha value is -0.710. The Kier molecular flexibility index (Phi) is 2.67. The van der Waals surface area contributed by atoms with Crippen LogP contribution in [0.25, 0.3) is 10.1 Å². The number of aldehydes is 1. The number of rotatable bonds is 2. The molecule has 1 N–H and O–H groups in total. The predicted molar refractivity (Wildman–Crippen MR) is 60.8 cm³/mol. The first-order valence-electron chi connectivity index (χ1n) is 4.04. The lowest BCUT2D eigenvalue weighted by Crippen LogP contribution is -1.82. The van der Waals surface area contributed by atoms with Gasteiger partial charge in [-0.3, -0.25) is 4.79 Å². The van der Waals surface area contributed by atoms with Gasteiger partial charge in [-0.25, -0.2) is 0 Å². The van der Waals surface area contributed by atoms with E-state index in [-0.39, 0.29) is 6.61 Å². The highest BCUT2D eigenvalue weighted by molar-refractivity contribution is 9.11. The molecule has 0 aliphatic carbocycles. The monoisotopic (exact) mass is 270 g/mol. The molecule has 0 aliphatic heterocycles. The highest BCUT2D eigenvalue weighted by atomic mass is 79.9. The summed E-state index contributed by atoms with van der Waals surface area (Å²) in [6.45, 7) is -0.0110. The molecule has 0 fully saturated rings. The Morgan fingerprint density at radius 1 is 1.50 bits per heavy atom. The number of benzene rings is 1. The van der Waals surface area contributed by atoms with Crippen LogP contribution in [-0.4, -0.2) is 11.4 Å². The average Bonchev–Trinajstić information content (AvgIpc) is 2.52. The second kappa shape index (κ2) is 3.81. The van der Waals surface area contributed by atoms with Gasteiger partial charge in [-0.05, 0) is 21.3 Å². The molecule has 1 aromatic heterocycles. The Morgan fingerprint density at radius 3 is 2.93 bits per heavy atom. The topological polar surface area (TPSA) is 37.3 Å². The zero-order chi connectivity index (χ0) is 10.1. The van der Waals surface area contributed by atoms with E-state index in [1.807, 2.05) is 12.1 Å². The molecule has 0 saturated heterocycles. The minimum absolute atomic E-state index is 0.0110. The quantitative estimate of drug-likeness (QED) is 0.852. The van der Waals surface area contributed by atoms with Crippen LogP contribution in [0.15, 0.2) is 22.0 Å². The van der Waals surface area contributed by atoms with Gasteiger partial charge < -0.3 is 5.11 Å². The van der Waals surface area contributed by atoms with Crippen LogP contribution in [0.5, 0.6) is 0 Å². The van der Waals surface area contributed by atoms with Crippen molar-refractivity contribution in [3.8, 4) is 0 Å². The molecular formula is C10H7BrO2S. The molecule has 0 amide bonds. The lowest BCUT2D eigenvalue weighted by Gasteiger charge is -1.95. The van der Waals surface area contributed by atoms with Crippen molar-refractivity contribution in [3.05, 3.63) is 33.1 Å². The summed E-state index contributed by atoms with van der Waals surface area (Å²) >= 11 is 4.86. The SMILES string of the molecule is O=Cc1cccc2c(CO)c(Br)sc12. The number of thiophene rings is 1. The summed E-state index contributed by atoms with van der Waals surface area (Å²) in [4.78, 5) is 10.8. The van der Waals surface area contributed by atoms with Crippen LogP contribution in [0.2, 0.25) is 0 Å². The van der Waals surface area contributed by atoms with Gasteiger partial charge in [0.1, 0.15) is 0 Å². The normalized spacial score (nSPS) is 10.7. The van der Waals surface area contributed by atoms with Crippen molar-refractivity contribution < 1.29 is 9.90 Å². The number of carbonyl (C=O) groups excluding carboxylic acids is 1. The molecule has 4 heteroatoms. The highest BCUT2D eigenvalue weighted by Crippen LogP contribution is 2.36. The van der Waals surface area contributed by atoms with E-state index in [1.54, 1.807) is 6.07 Å². The number of aliphatic hydroxyl groups is 1. The maximum atomic E-state index is 10.8. The van der Waals surface area contributed by atoms with Gasteiger partial charge in [0.05, 0.1) is 10.4 Å². The van der Waals surface area contributed by atoms with Gasteiger partial charge in [-0.2, -0.15) is 0 Å². The molecule has 72 valence electrons. The lowest BCUT2D eigenvalue weighted by atomic mass is 10.1. The van der Waals surface area contributed by atoms with Crippen LogP contribution in [0, 0.1) is 0 Å². The van der Waals surface area contributed by atoms with Crippen LogP contribution in [0.4, 0.5) is 0 Å². The molecule has 2 nitrogen and oxygen atoms in total. The highest BCUT2D eigenvalue weighted by Gasteiger charge is 2.11. The summed E-state index contributed by atoms with van der Waals surface area (Å²) in [7, 11) is 0. The Morgan fingerprint density at radius 2 is 2.29 bits per heavy atom. The lowest BCUT2D eigenvalue weighted by molar-refractivity contribution is 0.112. The van der Waals surface area contributed by atoms with E-state index >= 15 is 0 Å². The fraction of sp³-hybridized carbons (Fsp3) is 0.100. The molecule has 1 heterocycles. The van der Waals surface area contributed by atoms with Gasteiger partial charge in [-0.1, -0.05) is 18.2 Å². The number of carbonyl (C=O) groups is 1. The van der Waals surface area contributed by atoms with E-state index < -0.39 is 0 Å². The van der Waals surface area contributed by atoms with E-state index in [0.717, 1.165) is 25.7 Å². The van der Waals surface area contributed by atoms with Gasteiger partial charge in [0.25, 0.3) is 0 Å². The van der Waals surface area contributed by atoms with Crippen LogP contribution in [0.1, 0.15) is 15.9 Å². The second-order valence-electron chi connectivity index (χ2n) is 2.85. The van der Waals surface area contributed by atoms with E-state index in [4.69, 9.17) is 5.11 Å². The Bertz CT molecular complexity index is 490. The number of halogens is 1. The number of aliphatic hydroxyl groups excluding tert-OH is 1. The maximum Gasteiger partial charge on any atom is 0.151 e. The first-order valence-corrected chi connectivity index (χ1v) is 5.64. The van der Waals surface area contributed by atoms with Crippen LogP contribution in [0.3, 0.4) is 0 Å². The minimum atomic E-state index is -0.0110. The van der Waals surface area contributed by atoms with E-state index in [9.17, 15) is 4.79 Å². The molecule has 2 rings (SSSR count). The van der Waals surface area contributed by atoms with Crippen LogP contribution >= 0.6 is 27.3 Å². The Balaban J connectivity index is 2.85.